The Hall–Kier alpha value is -2.31. The summed E-state index contributed by atoms with van der Waals surface area (Å²) in [6.45, 7) is 8.30. The van der Waals surface area contributed by atoms with Crippen LogP contribution in [0.15, 0.2) is 34.8 Å². The summed E-state index contributed by atoms with van der Waals surface area (Å²) in [6.07, 6.45) is 1.58. The Labute approximate surface area is 208 Å². The number of aromatic nitrogens is 2. The summed E-state index contributed by atoms with van der Waals surface area (Å²) in [6, 6.07) is 4.50. The first-order valence-corrected chi connectivity index (χ1v) is 13.6. The van der Waals surface area contributed by atoms with Crippen molar-refractivity contribution in [1.29, 1.82) is 0 Å². The molecule has 0 spiro atoms. The van der Waals surface area contributed by atoms with Crippen molar-refractivity contribution in [1.82, 2.24) is 19.2 Å². The van der Waals surface area contributed by atoms with E-state index in [0.29, 0.717) is 31.9 Å². The molecule has 0 radical (unpaired) electrons. The number of halogens is 1. The van der Waals surface area contributed by atoms with Crippen LogP contribution in [0.1, 0.15) is 19.4 Å². The number of aryl methyl sites for hydroxylation is 1. The third-order valence-electron chi connectivity index (χ3n) is 5.67. The fraction of sp³-hybridized carbons (Fsp3) is 0.409. The number of sulfonamides is 1. The van der Waals surface area contributed by atoms with Crippen molar-refractivity contribution in [3.8, 4) is 0 Å². The second-order valence-corrected chi connectivity index (χ2v) is 11.6. The quantitative estimate of drug-likeness (QED) is 0.489. The molecule has 182 valence electrons. The summed E-state index contributed by atoms with van der Waals surface area (Å²) < 4.78 is 28.7. The molecule has 1 saturated heterocycles. The van der Waals surface area contributed by atoms with Crippen LogP contribution in [0.2, 0.25) is 5.02 Å². The van der Waals surface area contributed by atoms with E-state index in [1.165, 1.54) is 29.4 Å². The van der Waals surface area contributed by atoms with Crippen molar-refractivity contribution in [2.24, 2.45) is 0 Å². The topological polar surface area (TPSA) is 108 Å². The van der Waals surface area contributed by atoms with E-state index in [-0.39, 0.29) is 21.9 Å². The highest BCUT2D eigenvalue weighted by Crippen LogP contribution is 2.29. The fourth-order valence-electron chi connectivity index (χ4n) is 3.99. The van der Waals surface area contributed by atoms with Gasteiger partial charge in [0.05, 0.1) is 25.8 Å². The highest BCUT2D eigenvalue weighted by molar-refractivity contribution is 7.89. The molecule has 1 aromatic carbocycles. The number of hydrogen-bond acceptors (Lipinski definition) is 8. The molecule has 1 fully saturated rings. The first-order valence-electron chi connectivity index (χ1n) is 10.9. The molecule has 1 atom stereocenters. The lowest BCUT2D eigenvalue weighted by molar-refractivity contribution is -0.114. The van der Waals surface area contributed by atoms with Gasteiger partial charge in [-0.2, -0.15) is 4.31 Å². The number of fused-ring (bicyclic) bond motifs is 1. The number of hydrogen-bond donors (Lipinski definition) is 2. The van der Waals surface area contributed by atoms with E-state index in [1.807, 2.05) is 6.92 Å². The lowest BCUT2D eigenvalue weighted by atomic mass is 10.2. The second-order valence-electron chi connectivity index (χ2n) is 8.39. The Balaban J connectivity index is 1.35. The average Bonchev–Trinajstić information content (AvgIpc) is 3.17. The van der Waals surface area contributed by atoms with Gasteiger partial charge < -0.3 is 10.6 Å². The smallest absolute Gasteiger partial charge is 0.243 e. The monoisotopic (exact) mass is 522 g/mol. The molecule has 0 aliphatic carbocycles. The molecule has 4 rings (SSSR count). The van der Waals surface area contributed by atoms with Crippen molar-refractivity contribution in [3.05, 3.63) is 40.5 Å². The molecule has 0 bridgehead atoms. The van der Waals surface area contributed by atoms with Crippen molar-refractivity contribution in [2.45, 2.75) is 31.7 Å². The summed E-state index contributed by atoms with van der Waals surface area (Å²) >= 11 is 7.81. The number of piperazine rings is 1. The lowest BCUT2D eigenvalue weighted by Crippen LogP contribution is -2.50. The summed E-state index contributed by atoms with van der Waals surface area (Å²) in [5, 5.41) is 8.33. The summed E-state index contributed by atoms with van der Waals surface area (Å²) in [5.74, 6) is 0.559. The molecule has 3 heterocycles. The van der Waals surface area contributed by atoms with E-state index >= 15 is 0 Å². The number of benzene rings is 1. The molecule has 2 aromatic heterocycles. The molecule has 34 heavy (non-hydrogen) atoms. The maximum atomic E-state index is 13.1. The Morgan fingerprint density at radius 3 is 2.65 bits per heavy atom. The zero-order valence-electron chi connectivity index (χ0n) is 19.2. The maximum Gasteiger partial charge on any atom is 0.243 e. The molecule has 1 aliphatic rings. The van der Waals surface area contributed by atoms with E-state index in [4.69, 9.17) is 11.6 Å². The number of nitrogens with one attached hydrogen (secondary N) is 2. The van der Waals surface area contributed by atoms with Crippen LogP contribution in [0.25, 0.3) is 10.2 Å². The number of thiophene rings is 1. The molecular weight excluding hydrogens is 496 g/mol. The molecule has 1 amide bonds. The number of amides is 1. The standard InChI is InChI=1S/C22H27ClN6O3S2/c1-14-12-33-21-20(14)24-13-25-22(21)26-15(2)11-28-6-8-29(9-7-28)34(31,32)17-4-5-19(18(23)10-17)27-16(3)30/h4-5,10,12-13,15H,6-9,11H2,1-3H3,(H,27,30)(H,24,25,26)/t15-/m0/s1. The summed E-state index contributed by atoms with van der Waals surface area (Å²) in [7, 11) is -3.67. The number of anilines is 2. The molecule has 9 nitrogen and oxygen atoms in total. The molecule has 2 N–H and O–H groups in total. The highest BCUT2D eigenvalue weighted by atomic mass is 35.5. The Bertz CT molecular complexity index is 1310. The normalized spacial score (nSPS) is 16.5. The van der Waals surface area contributed by atoms with Crippen LogP contribution < -0.4 is 10.6 Å². The molecule has 1 aliphatic heterocycles. The van der Waals surface area contributed by atoms with Crippen molar-refractivity contribution in [2.75, 3.05) is 43.4 Å². The molecule has 0 saturated carbocycles. The van der Waals surface area contributed by atoms with Crippen LogP contribution in [-0.4, -0.2) is 72.3 Å². The van der Waals surface area contributed by atoms with Gasteiger partial charge in [-0.05, 0) is 43.0 Å². The van der Waals surface area contributed by atoms with Gasteiger partial charge in [0.25, 0.3) is 0 Å². The largest absolute Gasteiger partial charge is 0.365 e. The third-order valence-corrected chi connectivity index (χ3v) is 8.97. The van der Waals surface area contributed by atoms with E-state index in [9.17, 15) is 13.2 Å². The van der Waals surface area contributed by atoms with Crippen LogP contribution in [-0.2, 0) is 14.8 Å². The van der Waals surface area contributed by atoms with Gasteiger partial charge in [-0.3, -0.25) is 9.69 Å². The van der Waals surface area contributed by atoms with E-state index in [2.05, 4.69) is 37.8 Å². The fourth-order valence-corrected chi connectivity index (χ4v) is 6.68. The molecular formula is C22H27ClN6O3S2. The zero-order chi connectivity index (χ0) is 24.5. The maximum absolute atomic E-state index is 13.1. The van der Waals surface area contributed by atoms with Gasteiger partial charge in [-0.15, -0.1) is 11.3 Å². The van der Waals surface area contributed by atoms with Crippen LogP contribution >= 0.6 is 22.9 Å². The first kappa shape index (κ1) is 24.8. The number of carbonyl (C=O) groups excluding carboxylic acids is 1. The van der Waals surface area contributed by atoms with Crippen molar-refractivity contribution < 1.29 is 13.2 Å². The Morgan fingerprint density at radius 2 is 1.97 bits per heavy atom. The highest BCUT2D eigenvalue weighted by Gasteiger charge is 2.29. The van der Waals surface area contributed by atoms with Gasteiger partial charge in [0, 0.05) is 45.7 Å². The second kappa shape index (κ2) is 10.1. The zero-order valence-corrected chi connectivity index (χ0v) is 21.6. The number of carbonyl (C=O) groups is 1. The van der Waals surface area contributed by atoms with Gasteiger partial charge >= 0.3 is 0 Å². The minimum atomic E-state index is -3.67. The Kier molecular flexibility index (Phi) is 7.39. The molecule has 12 heteroatoms. The van der Waals surface area contributed by atoms with Gasteiger partial charge in [0.1, 0.15) is 12.1 Å². The summed E-state index contributed by atoms with van der Waals surface area (Å²) in [4.78, 5) is 22.4. The number of nitrogens with zero attached hydrogens (tertiary/aromatic N) is 4. The predicted octanol–water partition coefficient (Wildman–Crippen LogP) is 3.42. The van der Waals surface area contributed by atoms with E-state index in [1.54, 1.807) is 17.7 Å². The van der Waals surface area contributed by atoms with E-state index < -0.39 is 10.0 Å². The molecule has 0 unspecified atom stereocenters. The van der Waals surface area contributed by atoms with Gasteiger partial charge in [-0.1, -0.05) is 11.6 Å². The Morgan fingerprint density at radius 1 is 1.24 bits per heavy atom. The average molecular weight is 523 g/mol. The van der Waals surface area contributed by atoms with Crippen LogP contribution in [0.5, 0.6) is 0 Å². The van der Waals surface area contributed by atoms with Crippen LogP contribution in [0.4, 0.5) is 11.5 Å². The van der Waals surface area contributed by atoms with Crippen LogP contribution in [0, 0.1) is 6.92 Å². The predicted molar refractivity (Wildman–Crippen MR) is 136 cm³/mol. The molecule has 3 aromatic rings. The SMILES string of the molecule is CC(=O)Nc1ccc(S(=O)(=O)N2CCN(C[C@H](C)Nc3ncnc4c(C)csc34)CC2)cc1Cl. The summed E-state index contributed by atoms with van der Waals surface area (Å²) in [5.41, 5.74) is 2.50. The minimum Gasteiger partial charge on any atom is -0.365 e. The van der Waals surface area contributed by atoms with Gasteiger partial charge in [0.2, 0.25) is 15.9 Å². The van der Waals surface area contributed by atoms with Crippen molar-refractivity contribution >= 4 is 60.6 Å². The minimum absolute atomic E-state index is 0.120. The van der Waals surface area contributed by atoms with Gasteiger partial charge in [0.15, 0.2) is 0 Å². The third kappa shape index (κ3) is 5.33. The number of rotatable bonds is 7. The van der Waals surface area contributed by atoms with Crippen molar-refractivity contribution in [3.63, 3.8) is 0 Å². The van der Waals surface area contributed by atoms with Crippen LogP contribution in [0.3, 0.4) is 0 Å². The lowest BCUT2D eigenvalue weighted by Gasteiger charge is -2.35. The van der Waals surface area contributed by atoms with E-state index in [0.717, 1.165) is 28.1 Å². The first-order chi connectivity index (χ1) is 16.1. The van der Waals surface area contributed by atoms with Gasteiger partial charge in [-0.25, -0.2) is 18.4 Å².